The van der Waals surface area contributed by atoms with Crippen molar-refractivity contribution < 1.29 is 23.5 Å². The smallest absolute Gasteiger partial charge is 0.338 e. The Morgan fingerprint density at radius 1 is 0.718 bits per heavy atom. The lowest BCUT2D eigenvalue weighted by Gasteiger charge is -2.20. The Morgan fingerprint density at radius 3 is 1.56 bits per heavy atom. The van der Waals surface area contributed by atoms with Gasteiger partial charge in [0.15, 0.2) is 0 Å². The Hall–Kier alpha value is -3.01. The second kappa shape index (κ2) is 21.9. The predicted octanol–water partition coefficient (Wildman–Crippen LogP) is 4.41. The quantitative estimate of drug-likeness (QED) is 0.292. The minimum Gasteiger partial charge on any atom is -0.462 e. The summed E-state index contributed by atoms with van der Waals surface area (Å²) >= 11 is 0. The van der Waals surface area contributed by atoms with Crippen LogP contribution in [0.1, 0.15) is 47.4 Å². The average Bonchev–Trinajstić information content (AvgIpc) is 2.90. The summed E-state index contributed by atoms with van der Waals surface area (Å²) in [4.78, 5) is 29.1. The number of nitrogens with one attached hydrogen (secondary N) is 1. The molecule has 0 spiro atoms. The lowest BCUT2D eigenvalue weighted by molar-refractivity contribution is 0.0516. The van der Waals surface area contributed by atoms with Crippen molar-refractivity contribution in [3.63, 3.8) is 0 Å². The highest BCUT2D eigenvalue weighted by molar-refractivity contribution is 5.90. The van der Waals surface area contributed by atoms with Crippen molar-refractivity contribution >= 4 is 17.6 Å². The molecule has 39 heavy (non-hydrogen) atoms. The Bertz CT molecular complexity index is 906. The van der Waals surface area contributed by atoms with Crippen molar-refractivity contribution in [2.75, 3.05) is 86.6 Å². The minimum absolute atomic E-state index is 0.260. The molecular formula is C30H49FN4O4. The van der Waals surface area contributed by atoms with Crippen molar-refractivity contribution in [2.24, 2.45) is 0 Å². The molecule has 0 aromatic heterocycles. The normalized spacial score (nSPS) is 10.2. The Morgan fingerprint density at radius 2 is 1.15 bits per heavy atom. The van der Waals surface area contributed by atoms with E-state index in [9.17, 15) is 14.0 Å². The highest BCUT2D eigenvalue weighted by atomic mass is 19.1. The van der Waals surface area contributed by atoms with Gasteiger partial charge in [0.2, 0.25) is 0 Å². The number of hydrogen-bond acceptors (Lipinski definition) is 8. The van der Waals surface area contributed by atoms with Gasteiger partial charge < -0.3 is 29.5 Å². The largest absolute Gasteiger partial charge is 0.462 e. The number of anilines is 1. The fourth-order valence-electron chi connectivity index (χ4n) is 3.19. The molecule has 0 amide bonds. The van der Waals surface area contributed by atoms with Crippen LogP contribution in [-0.4, -0.2) is 103 Å². The van der Waals surface area contributed by atoms with Crippen LogP contribution in [0.25, 0.3) is 0 Å². The molecule has 2 rings (SSSR count). The van der Waals surface area contributed by atoms with Crippen molar-refractivity contribution in [2.45, 2.75) is 26.7 Å². The number of rotatable bonds is 13. The molecule has 0 aliphatic rings. The van der Waals surface area contributed by atoms with E-state index in [2.05, 4.69) is 55.3 Å². The molecule has 0 aliphatic carbocycles. The molecule has 1 N–H and O–H groups in total. The maximum atomic E-state index is 12.4. The molecule has 0 unspecified atom stereocenters. The zero-order valence-electron chi connectivity index (χ0n) is 25.1. The summed E-state index contributed by atoms with van der Waals surface area (Å²) in [6.45, 7) is 8.65. The minimum atomic E-state index is -0.419. The number of ether oxygens (including phenoxy) is 2. The third kappa shape index (κ3) is 18.0. The second-order valence-electron chi connectivity index (χ2n) is 9.33. The first-order valence-electron chi connectivity index (χ1n) is 13.4. The molecule has 9 heteroatoms. The molecule has 0 atom stereocenters. The van der Waals surface area contributed by atoms with E-state index in [1.165, 1.54) is 37.2 Å². The fraction of sp³-hybridized carbons (Fsp3) is 0.533. The first kappa shape index (κ1) is 36.0. The van der Waals surface area contributed by atoms with Gasteiger partial charge in [0.1, 0.15) is 5.82 Å². The summed E-state index contributed by atoms with van der Waals surface area (Å²) in [6, 6.07) is 12.8. The molecule has 0 heterocycles. The molecule has 0 saturated carbocycles. The molecule has 2 aromatic rings. The van der Waals surface area contributed by atoms with Crippen molar-refractivity contribution in [3.05, 3.63) is 65.5 Å². The van der Waals surface area contributed by atoms with E-state index < -0.39 is 5.97 Å². The summed E-state index contributed by atoms with van der Waals surface area (Å²) in [5.41, 5.74) is 2.09. The van der Waals surface area contributed by atoms with E-state index in [0.29, 0.717) is 24.3 Å². The van der Waals surface area contributed by atoms with Crippen LogP contribution in [0.15, 0.2) is 48.5 Å². The van der Waals surface area contributed by atoms with Crippen LogP contribution in [0.5, 0.6) is 0 Å². The topological polar surface area (TPSA) is 74.3 Å². The Balaban J connectivity index is 0.000000616. The maximum absolute atomic E-state index is 12.4. The number of nitrogens with zero attached hydrogens (tertiary/aromatic N) is 3. The number of esters is 2. The number of halogens is 1. The lowest BCUT2D eigenvalue weighted by atomic mass is 10.2. The van der Waals surface area contributed by atoms with Crippen LogP contribution >= 0.6 is 0 Å². The highest BCUT2D eigenvalue weighted by Gasteiger charge is 2.07. The SMILES string of the molecule is CCOC(=O)c1ccc(F)cc1.CCOC(=O)c1ccc(N(C)CCCN(C)C)cc1.CNCCCN(C)C. The molecule has 0 saturated heterocycles. The van der Waals surface area contributed by atoms with Crippen molar-refractivity contribution in [3.8, 4) is 0 Å². The molecule has 0 bridgehead atoms. The van der Waals surface area contributed by atoms with Crippen LogP contribution in [0.4, 0.5) is 10.1 Å². The third-order valence-electron chi connectivity index (χ3n) is 5.31. The van der Waals surface area contributed by atoms with E-state index in [-0.39, 0.29) is 11.8 Å². The number of carbonyl (C=O) groups is 2. The zero-order chi connectivity index (χ0) is 29.6. The molecule has 2 aromatic carbocycles. The maximum Gasteiger partial charge on any atom is 0.338 e. The summed E-state index contributed by atoms with van der Waals surface area (Å²) in [6.07, 6.45) is 2.35. The summed E-state index contributed by atoms with van der Waals surface area (Å²) in [7, 11) is 12.4. The second-order valence-corrected chi connectivity index (χ2v) is 9.33. The van der Waals surface area contributed by atoms with Gasteiger partial charge in [0.05, 0.1) is 24.3 Å². The van der Waals surface area contributed by atoms with Gasteiger partial charge >= 0.3 is 11.9 Å². The molecular weight excluding hydrogens is 499 g/mol. The van der Waals surface area contributed by atoms with E-state index in [1.54, 1.807) is 6.92 Å². The third-order valence-corrected chi connectivity index (χ3v) is 5.31. The van der Waals surface area contributed by atoms with Crippen LogP contribution in [-0.2, 0) is 9.47 Å². The van der Waals surface area contributed by atoms with E-state index in [4.69, 9.17) is 9.47 Å². The Kier molecular flexibility index (Phi) is 20.2. The highest BCUT2D eigenvalue weighted by Crippen LogP contribution is 2.14. The van der Waals surface area contributed by atoms with Crippen molar-refractivity contribution in [1.82, 2.24) is 15.1 Å². The molecule has 220 valence electrons. The van der Waals surface area contributed by atoms with Gasteiger partial charge in [-0.3, -0.25) is 0 Å². The lowest BCUT2D eigenvalue weighted by Crippen LogP contribution is -2.23. The number of hydrogen-bond donors (Lipinski definition) is 1. The number of benzene rings is 2. The van der Waals surface area contributed by atoms with E-state index in [0.717, 1.165) is 31.7 Å². The number of carbonyl (C=O) groups excluding carboxylic acids is 2. The van der Waals surface area contributed by atoms with E-state index >= 15 is 0 Å². The Labute approximate surface area is 235 Å². The average molecular weight is 549 g/mol. The van der Waals surface area contributed by atoms with Gasteiger partial charge in [-0.05, 0) is 130 Å². The van der Waals surface area contributed by atoms with Gasteiger partial charge in [-0.2, -0.15) is 0 Å². The summed E-state index contributed by atoms with van der Waals surface area (Å²) in [5, 5.41) is 3.10. The van der Waals surface area contributed by atoms with Crippen LogP contribution in [0.3, 0.4) is 0 Å². The first-order chi connectivity index (χ1) is 18.5. The van der Waals surface area contributed by atoms with Gasteiger partial charge in [-0.15, -0.1) is 0 Å². The predicted molar refractivity (Wildman–Crippen MR) is 158 cm³/mol. The van der Waals surface area contributed by atoms with Gasteiger partial charge in [0.25, 0.3) is 0 Å². The molecule has 8 nitrogen and oxygen atoms in total. The van der Waals surface area contributed by atoms with Gasteiger partial charge in [0, 0.05) is 19.3 Å². The van der Waals surface area contributed by atoms with Crippen LogP contribution in [0, 0.1) is 5.82 Å². The van der Waals surface area contributed by atoms with Crippen LogP contribution < -0.4 is 10.2 Å². The van der Waals surface area contributed by atoms with Crippen LogP contribution in [0.2, 0.25) is 0 Å². The van der Waals surface area contributed by atoms with Gasteiger partial charge in [-0.25, -0.2) is 14.0 Å². The monoisotopic (exact) mass is 548 g/mol. The molecule has 0 radical (unpaired) electrons. The van der Waals surface area contributed by atoms with E-state index in [1.807, 2.05) is 38.2 Å². The van der Waals surface area contributed by atoms with Gasteiger partial charge in [-0.1, -0.05) is 0 Å². The summed E-state index contributed by atoms with van der Waals surface area (Å²) in [5.74, 6) is -1.04. The molecule has 0 aliphatic heterocycles. The fourth-order valence-corrected chi connectivity index (χ4v) is 3.19. The van der Waals surface area contributed by atoms with Crippen molar-refractivity contribution in [1.29, 1.82) is 0 Å². The standard InChI is InChI=1S/C15H24N2O2.C9H9FO2.C6H16N2/c1-5-19-15(18)13-7-9-14(10-8-13)17(4)12-6-11-16(2)3;1-2-12-9(11)7-3-5-8(10)6-4-7;1-7-5-4-6-8(2)3/h7-10H,5-6,11-12H2,1-4H3;3-6H,2H2,1H3;7H,4-6H2,1-3H3. The summed E-state index contributed by atoms with van der Waals surface area (Å²) < 4.78 is 22.1. The molecule has 0 fully saturated rings. The zero-order valence-corrected chi connectivity index (χ0v) is 25.1. The first-order valence-corrected chi connectivity index (χ1v) is 13.4.